The van der Waals surface area contributed by atoms with Crippen molar-refractivity contribution >= 4 is 23.5 Å². The van der Waals surface area contributed by atoms with Gasteiger partial charge in [0.1, 0.15) is 5.75 Å². The summed E-state index contributed by atoms with van der Waals surface area (Å²) in [4.78, 5) is 23.6. The van der Waals surface area contributed by atoms with Gasteiger partial charge in [-0.1, -0.05) is 36.6 Å². The first-order chi connectivity index (χ1) is 10.6. The first-order valence-electron chi connectivity index (χ1n) is 7.43. The number of rotatable bonds is 6. The summed E-state index contributed by atoms with van der Waals surface area (Å²) in [7, 11) is 0. The molecule has 0 aromatic heterocycles. The number of hydrogen-bond donors (Lipinski definition) is 1. The summed E-state index contributed by atoms with van der Waals surface area (Å²) in [6, 6.07) is 7.05. The lowest BCUT2D eigenvalue weighted by Crippen LogP contribution is -2.41. The second kappa shape index (κ2) is 8.03. The van der Waals surface area contributed by atoms with Crippen molar-refractivity contribution in [3.05, 3.63) is 29.3 Å². The van der Waals surface area contributed by atoms with Crippen molar-refractivity contribution < 1.29 is 19.1 Å². The number of carbonyl (C=O) groups excluding carboxylic acids is 2. The van der Waals surface area contributed by atoms with Crippen molar-refractivity contribution in [2.75, 3.05) is 6.61 Å². The number of benzene rings is 1. The van der Waals surface area contributed by atoms with Crippen LogP contribution < -0.4 is 10.1 Å². The molecule has 1 aliphatic rings. The van der Waals surface area contributed by atoms with Crippen LogP contribution in [0.5, 0.6) is 5.75 Å². The Morgan fingerprint density at radius 2 is 2.00 bits per heavy atom. The smallest absolute Gasteiger partial charge is 0.344 e. The number of halogens is 1. The molecule has 1 aliphatic carbocycles. The molecule has 0 heterocycles. The van der Waals surface area contributed by atoms with Gasteiger partial charge in [0.05, 0.1) is 5.02 Å². The molecule has 1 fully saturated rings. The van der Waals surface area contributed by atoms with Crippen molar-refractivity contribution in [1.29, 1.82) is 0 Å². The summed E-state index contributed by atoms with van der Waals surface area (Å²) < 4.78 is 10.3. The van der Waals surface area contributed by atoms with E-state index in [1.54, 1.807) is 31.2 Å². The lowest BCUT2D eigenvalue weighted by Gasteiger charge is -2.17. The van der Waals surface area contributed by atoms with Gasteiger partial charge < -0.3 is 14.8 Å². The normalized spacial score (nSPS) is 16.1. The van der Waals surface area contributed by atoms with Crippen molar-refractivity contribution in [3.63, 3.8) is 0 Å². The summed E-state index contributed by atoms with van der Waals surface area (Å²) in [5.74, 6) is -0.462. The van der Waals surface area contributed by atoms with Crippen LogP contribution in [0.15, 0.2) is 24.3 Å². The lowest BCUT2D eigenvalue weighted by atomic mass is 10.2. The summed E-state index contributed by atoms with van der Waals surface area (Å²) in [5, 5.41) is 3.31. The Labute approximate surface area is 134 Å². The van der Waals surface area contributed by atoms with Crippen LogP contribution in [0.1, 0.15) is 32.6 Å². The van der Waals surface area contributed by atoms with Crippen LogP contribution in [-0.2, 0) is 14.3 Å². The Kier molecular flexibility index (Phi) is 6.07. The second-order valence-corrected chi connectivity index (χ2v) is 5.75. The number of para-hydroxylation sites is 1. The quantitative estimate of drug-likeness (QED) is 0.817. The van der Waals surface area contributed by atoms with Gasteiger partial charge in [-0.2, -0.15) is 0 Å². The van der Waals surface area contributed by atoms with E-state index in [1.165, 1.54) is 0 Å². The highest BCUT2D eigenvalue weighted by Crippen LogP contribution is 2.23. The van der Waals surface area contributed by atoms with E-state index in [2.05, 4.69) is 5.32 Å². The minimum atomic E-state index is -0.831. The lowest BCUT2D eigenvalue weighted by molar-refractivity contribution is -0.156. The van der Waals surface area contributed by atoms with Crippen molar-refractivity contribution in [1.82, 2.24) is 5.32 Å². The van der Waals surface area contributed by atoms with Gasteiger partial charge in [-0.25, -0.2) is 4.79 Å². The molecule has 5 nitrogen and oxygen atoms in total. The van der Waals surface area contributed by atoms with E-state index in [-0.39, 0.29) is 18.6 Å². The molecular weight excluding hydrogens is 306 g/mol. The monoisotopic (exact) mass is 325 g/mol. The number of nitrogens with one attached hydrogen (secondary N) is 1. The fourth-order valence-corrected chi connectivity index (χ4v) is 2.56. The third-order valence-corrected chi connectivity index (χ3v) is 3.87. The second-order valence-electron chi connectivity index (χ2n) is 5.34. The standard InChI is InChI=1S/C16H20ClNO4/c1-11(16(20)18-12-6-2-3-7-12)22-15(19)10-21-14-9-5-4-8-13(14)17/h4-5,8-9,11-12H,2-3,6-7,10H2,1H3,(H,18,20)/t11-/m0/s1. The first kappa shape index (κ1) is 16.6. The van der Waals surface area contributed by atoms with Crippen LogP contribution in [0, 0.1) is 0 Å². The predicted molar refractivity (Wildman–Crippen MR) is 82.9 cm³/mol. The largest absolute Gasteiger partial charge is 0.480 e. The number of amides is 1. The number of hydrogen-bond acceptors (Lipinski definition) is 4. The van der Waals surface area contributed by atoms with Gasteiger partial charge in [0.25, 0.3) is 5.91 Å². The van der Waals surface area contributed by atoms with Crippen LogP contribution in [0.3, 0.4) is 0 Å². The third kappa shape index (κ3) is 4.91. The van der Waals surface area contributed by atoms with Gasteiger partial charge in [-0.15, -0.1) is 0 Å². The van der Waals surface area contributed by atoms with Crippen LogP contribution in [-0.4, -0.2) is 30.6 Å². The highest BCUT2D eigenvalue weighted by Gasteiger charge is 2.23. The average molecular weight is 326 g/mol. The molecule has 120 valence electrons. The van der Waals surface area contributed by atoms with E-state index in [0.717, 1.165) is 25.7 Å². The molecule has 1 aromatic carbocycles. The van der Waals surface area contributed by atoms with E-state index in [4.69, 9.17) is 21.1 Å². The molecule has 0 saturated heterocycles. The van der Waals surface area contributed by atoms with Crippen LogP contribution in [0.25, 0.3) is 0 Å². The first-order valence-corrected chi connectivity index (χ1v) is 7.81. The molecule has 6 heteroatoms. The minimum absolute atomic E-state index is 0.202. The summed E-state index contributed by atoms with van der Waals surface area (Å²) in [6.07, 6.45) is 3.41. The fraction of sp³-hybridized carbons (Fsp3) is 0.500. The molecule has 0 spiro atoms. The molecule has 1 atom stereocenters. The third-order valence-electron chi connectivity index (χ3n) is 3.56. The molecule has 0 unspecified atom stereocenters. The zero-order valence-corrected chi connectivity index (χ0v) is 13.3. The molecular formula is C16H20ClNO4. The van der Waals surface area contributed by atoms with E-state index < -0.39 is 12.1 Å². The van der Waals surface area contributed by atoms with E-state index in [9.17, 15) is 9.59 Å². The van der Waals surface area contributed by atoms with Crippen LogP contribution in [0.2, 0.25) is 5.02 Å². The van der Waals surface area contributed by atoms with E-state index in [0.29, 0.717) is 10.8 Å². The zero-order valence-electron chi connectivity index (χ0n) is 12.5. The Morgan fingerprint density at radius 3 is 2.68 bits per heavy atom. The molecule has 1 N–H and O–H groups in total. The molecule has 22 heavy (non-hydrogen) atoms. The van der Waals surface area contributed by atoms with Gasteiger partial charge in [-0.05, 0) is 31.9 Å². The highest BCUT2D eigenvalue weighted by atomic mass is 35.5. The summed E-state index contributed by atoms with van der Waals surface area (Å²) >= 11 is 5.92. The topological polar surface area (TPSA) is 64.6 Å². The minimum Gasteiger partial charge on any atom is -0.480 e. The Balaban J connectivity index is 1.73. The van der Waals surface area contributed by atoms with Gasteiger partial charge in [0, 0.05) is 6.04 Å². The van der Waals surface area contributed by atoms with Gasteiger partial charge in [-0.3, -0.25) is 4.79 Å². The molecule has 0 aliphatic heterocycles. The maximum Gasteiger partial charge on any atom is 0.344 e. The van der Waals surface area contributed by atoms with Crippen molar-refractivity contribution in [2.24, 2.45) is 0 Å². The Bertz CT molecular complexity index is 529. The molecule has 1 amide bonds. The van der Waals surface area contributed by atoms with E-state index >= 15 is 0 Å². The number of carbonyl (C=O) groups is 2. The van der Waals surface area contributed by atoms with Crippen molar-refractivity contribution in [3.8, 4) is 5.75 Å². The van der Waals surface area contributed by atoms with Gasteiger partial charge in [0.2, 0.25) is 0 Å². The molecule has 1 saturated carbocycles. The molecule has 0 radical (unpaired) electrons. The SMILES string of the molecule is C[C@H](OC(=O)COc1ccccc1Cl)C(=O)NC1CCCC1. The molecule has 0 bridgehead atoms. The van der Waals surface area contributed by atoms with Crippen molar-refractivity contribution in [2.45, 2.75) is 44.8 Å². The van der Waals surface area contributed by atoms with E-state index in [1.807, 2.05) is 0 Å². The molecule has 2 rings (SSSR count). The summed E-state index contributed by atoms with van der Waals surface area (Å²) in [5.41, 5.74) is 0. The summed E-state index contributed by atoms with van der Waals surface area (Å²) in [6.45, 7) is 1.27. The Hall–Kier alpha value is -1.75. The van der Waals surface area contributed by atoms with Crippen LogP contribution in [0.4, 0.5) is 0 Å². The zero-order chi connectivity index (χ0) is 15.9. The fourth-order valence-electron chi connectivity index (χ4n) is 2.37. The Morgan fingerprint density at radius 1 is 1.32 bits per heavy atom. The maximum absolute atomic E-state index is 11.9. The van der Waals surface area contributed by atoms with Gasteiger partial charge in [0.15, 0.2) is 12.7 Å². The average Bonchev–Trinajstić information content (AvgIpc) is 2.99. The highest BCUT2D eigenvalue weighted by molar-refractivity contribution is 6.32. The predicted octanol–water partition coefficient (Wildman–Crippen LogP) is 2.71. The van der Waals surface area contributed by atoms with Crippen LogP contribution >= 0.6 is 11.6 Å². The molecule has 1 aromatic rings. The van der Waals surface area contributed by atoms with Gasteiger partial charge >= 0.3 is 5.97 Å². The number of esters is 1. The maximum atomic E-state index is 11.9. The number of ether oxygens (including phenoxy) is 2.